The lowest BCUT2D eigenvalue weighted by Crippen LogP contribution is -2.28. The van der Waals surface area contributed by atoms with E-state index in [1.54, 1.807) is 36.0 Å². The van der Waals surface area contributed by atoms with E-state index in [4.69, 9.17) is 0 Å². The molecule has 1 atom stereocenters. The van der Waals surface area contributed by atoms with Gasteiger partial charge in [-0.1, -0.05) is 6.07 Å². The number of ether oxygens (including phenoxy) is 1. The van der Waals surface area contributed by atoms with Crippen molar-refractivity contribution in [2.75, 3.05) is 12.9 Å². The Labute approximate surface area is 206 Å². The molecular formula is C24H22FN5O5S. The van der Waals surface area contributed by atoms with Gasteiger partial charge in [-0.15, -0.1) is 0 Å². The molecule has 1 amide bonds. The second-order valence-electron chi connectivity index (χ2n) is 7.89. The van der Waals surface area contributed by atoms with Crippen molar-refractivity contribution in [3.05, 3.63) is 78.1 Å². The maximum atomic E-state index is 13.3. The van der Waals surface area contributed by atoms with E-state index in [0.29, 0.717) is 22.3 Å². The Hall–Kier alpha value is -4.19. The van der Waals surface area contributed by atoms with Crippen molar-refractivity contribution in [2.24, 2.45) is 0 Å². The number of amides is 1. The maximum absolute atomic E-state index is 13.3. The predicted octanol–water partition coefficient (Wildman–Crippen LogP) is 2.78. The quantitative estimate of drug-likeness (QED) is 0.357. The molecule has 0 saturated carbocycles. The predicted molar refractivity (Wildman–Crippen MR) is 128 cm³/mol. The molecule has 3 heterocycles. The first-order valence-electron chi connectivity index (χ1n) is 10.8. The molecule has 4 rings (SSSR count). The third-order valence-corrected chi connectivity index (χ3v) is 7.08. The van der Waals surface area contributed by atoms with Gasteiger partial charge in [-0.3, -0.25) is 14.6 Å². The number of hydrogen-bond donors (Lipinski definition) is 1. The molecule has 0 aliphatic carbocycles. The molecular weight excluding hydrogens is 489 g/mol. The molecule has 0 bridgehead atoms. The molecule has 12 heteroatoms. The molecule has 0 fully saturated rings. The second kappa shape index (κ2) is 10.2. The summed E-state index contributed by atoms with van der Waals surface area (Å²) in [4.78, 5) is 32.8. The Balaban J connectivity index is 1.55. The van der Waals surface area contributed by atoms with Crippen LogP contribution in [0.4, 0.5) is 4.39 Å². The first-order chi connectivity index (χ1) is 17.2. The van der Waals surface area contributed by atoms with E-state index in [9.17, 15) is 22.4 Å². The Kier molecular flexibility index (Phi) is 7.06. The largest absolute Gasteiger partial charge is 0.469 e. The van der Waals surface area contributed by atoms with Crippen molar-refractivity contribution in [2.45, 2.75) is 24.4 Å². The summed E-state index contributed by atoms with van der Waals surface area (Å²) in [5.41, 5.74) is 1.74. The molecule has 1 N–H and O–H groups in total. The maximum Gasteiger partial charge on any atom is 0.306 e. The third-order valence-electron chi connectivity index (χ3n) is 5.47. The van der Waals surface area contributed by atoms with Crippen LogP contribution in [0.5, 0.6) is 0 Å². The van der Waals surface area contributed by atoms with E-state index in [1.807, 2.05) is 0 Å². The van der Waals surface area contributed by atoms with Gasteiger partial charge in [0.15, 0.2) is 14.9 Å². The van der Waals surface area contributed by atoms with E-state index < -0.39 is 33.5 Å². The van der Waals surface area contributed by atoms with Crippen LogP contribution in [0.1, 0.15) is 35.4 Å². The average Bonchev–Trinajstić information content (AvgIpc) is 3.32. The Morgan fingerprint density at radius 2 is 1.86 bits per heavy atom. The first-order valence-corrected chi connectivity index (χ1v) is 12.5. The van der Waals surface area contributed by atoms with Gasteiger partial charge in [-0.2, -0.15) is 5.10 Å². The van der Waals surface area contributed by atoms with Crippen molar-refractivity contribution >= 4 is 32.6 Å². The lowest BCUT2D eigenvalue weighted by atomic mass is 10.1. The van der Waals surface area contributed by atoms with Crippen molar-refractivity contribution in [1.82, 2.24) is 25.1 Å². The zero-order valence-electron chi connectivity index (χ0n) is 19.4. The number of aromatic nitrogens is 4. The van der Waals surface area contributed by atoms with Crippen LogP contribution in [0, 0.1) is 5.82 Å². The number of benzene rings is 1. The number of nitrogens with zero attached hydrogens (tertiary/aromatic N) is 4. The standard InChI is InChI=1S/C24H22FN5O5S/c1-15(20-4-3-5-22(29-20)36(33,34)11-10-23(31)35-2)28-24(32)19-12-26-14-21-18(19)13-27-30(21)17-8-6-16(25)7-9-17/h3-9,12-15H,10-11H2,1-2H3,(H,28,32)/t15-/m0/s1. The van der Waals surface area contributed by atoms with Crippen LogP contribution in [0.2, 0.25) is 0 Å². The highest BCUT2D eigenvalue weighted by molar-refractivity contribution is 7.91. The molecule has 186 valence electrons. The Morgan fingerprint density at radius 3 is 2.58 bits per heavy atom. The van der Waals surface area contributed by atoms with Gasteiger partial charge >= 0.3 is 5.97 Å². The summed E-state index contributed by atoms with van der Waals surface area (Å²) >= 11 is 0. The van der Waals surface area contributed by atoms with E-state index in [0.717, 1.165) is 0 Å². The van der Waals surface area contributed by atoms with Crippen LogP contribution in [-0.4, -0.2) is 52.9 Å². The number of esters is 1. The van der Waals surface area contributed by atoms with Crippen LogP contribution in [0.3, 0.4) is 0 Å². The minimum absolute atomic E-state index is 0.200. The number of carbonyl (C=O) groups is 2. The lowest BCUT2D eigenvalue weighted by Gasteiger charge is -2.15. The van der Waals surface area contributed by atoms with Gasteiger partial charge in [0.05, 0.1) is 60.2 Å². The highest BCUT2D eigenvalue weighted by Crippen LogP contribution is 2.22. The van der Waals surface area contributed by atoms with Gasteiger partial charge in [-0.25, -0.2) is 22.5 Å². The Morgan fingerprint density at radius 1 is 1.11 bits per heavy atom. The minimum Gasteiger partial charge on any atom is -0.469 e. The molecule has 0 unspecified atom stereocenters. The molecule has 0 saturated heterocycles. The van der Waals surface area contributed by atoms with E-state index in [-0.39, 0.29) is 22.8 Å². The highest BCUT2D eigenvalue weighted by Gasteiger charge is 2.22. The van der Waals surface area contributed by atoms with Crippen LogP contribution in [0.25, 0.3) is 16.6 Å². The molecule has 10 nitrogen and oxygen atoms in total. The number of pyridine rings is 2. The lowest BCUT2D eigenvalue weighted by molar-refractivity contribution is -0.140. The summed E-state index contributed by atoms with van der Waals surface area (Å²) < 4.78 is 44.5. The van der Waals surface area contributed by atoms with Gasteiger partial charge in [0.1, 0.15) is 5.82 Å². The van der Waals surface area contributed by atoms with Gasteiger partial charge < -0.3 is 10.1 Å². The zero-order chi connectivity index (χ0) is 25.9. The monoisotopic (exact) mass is 511 g/mol. The summed E-state index contributed by atoms with van der Waals surface area (Å²) in [5, 5.41) is 7.45. The Bertz CT molecular complexity index is 1540. The first kappa shape index (κ1) is 24.9. The normalized spacial score (nSPS) is 12.3. The fourth-order valence-corrected chi connectivity index (χ4v) is 4.70. The summed E-state index contributed by atoms with van der Waals surface area (Å²) in [6.45, 7) is 1.67. The minimum atomic E-state index is -3.83. The second-order valence-corrected chi connectivity index (χ2v) is 9.95. The van der Waals surface area contributed by atoms with Crippen molar-refractivity contribution < 1.29 is 27.1 Å². The van der Waals surface area contributed by atoms with Crippen molar-refractivity contribution in [1.29, 1.82) is 0 Å². The number of carbonyl (C=O) groups excluding carboxylic acids is 2. The van der Waals surface area contributed by atoms with E-state index >= 15 is 0 Å². The number of sulfone groups is 1. The average molecular weight is 512 g/mol. The number of halogens is 1. The van der Waals surface area contributed by atoms with Crippen LogP contribution in [0.15, 0.2) is 66.1 Å². The molecule has 0 radical (unpaired) electrons. The van der Waals surface area contributed by atoms with E-state index in [1.165, 1.54) is 43.8 Å². The van der Waals surface area contributed by atoms with Gasteiger partial charge in [0, 0.05) is 11.6 Å². The molecule has 1 aromatic carbocycles. The van der Waals surface area contributed by atoms with Gasteiger partial charge in [0.25, 0.3) is 5.91 Å². The van der Waals surface area contributed by atoms with Crippen molar-refractivity contribution in [3.8, 4) is 5.69 Å². The van der Waals surface area contributed by atoms with Gasteiger partial charge in [-0.05, 0) is 43.3 Å². The fraction of sp³-hybridized carbons (Fsp3) is 0.208. The topological polar surface area (TPSA) is 133 Å². The number of methoxy groups -OCH3 is 1. The number of rotatable bonds is 8. The van der Waals surface area contributed by atoms with Crippen LogP contribution in [-0.2, 0) is 19.4 Å². The number of hydrogen-bond acceptors (Lipinski definition) is 8. The van der Waals surface area contributed by atoms with Crippen LogP contribution < -0.4 is 5.32 Å². The summed E-state index contributed by atoms with van der Waals surface area (Å²) in [7, 11) is -2.64. The molecule has 0 aliphatic rings. The molecule has 0 spiro atoms. The van der Waals surface area contributed by atoms with E-state index in [2.05, 4.69) is 25.1 Å². The van der Waals surface area contributed by atoms with Crippen LogP contribution >= 0.6 is 0 Å². The highest BCUT2D eigenvalue weighted by atomic mass is 32.2. The van der Waals surface area contributed by atoms with Crippen molar-refractivity contribution in [3.63, 3.8) is 0 Å². The third kappa shape index (κ3) is 5.23. The molecule has 3 aromatic heterocycles. The summed E-state index contributed by atoms with van der Waals surface area (Å²) in [5.74, 6) is -1.92. The fourth-order valence-electron chi connectivity index (χ4n) is 3.53. The van der Waals surface area contributed by atoms with Gasteiger partial charge in [0.2, 0.25) is 0 Å². The zero-order valence-corrected chi connectivity index (χ0v) is 20.2. The summed E-state index contributed by atoms with van der Waals surface area (Å²) in [6, 6.07) is 9.55. The smallest absolute Gasteiger partial charge is 0.306 e. The SMILES string of the molecule is COC(=O)CCS(=O)(=O)c1cccc([C@H](C)NC(=O)c2cncc3c2cnn3-c2ccc(F)cc2)n1. The number of nitrogens with one attached hydrogen (secondary N) is 1. The summed E-state index contributed by atoms with van der Waals surface area (Å²) in [6.07, 6.45) is 4.19. The molecule has 0 aliphatic heterocycles. The molecule has 4 aromatic rings. The number of fused-ring (bicyclic) bond motifs is 1. The molecule has 36 heavy (non-hydrogen) atoms.